The third kappa shape index (κ3) is 3.01. The Labute approximate surface area is 121 Å². The maximum atomic E-state index is 12.4. The van der Waals surface area contributed by atoms with E-state index in [-0.39, 0.29) is 24.2 Å². The van der Waals surface area contributed by atoms with Crippen LogP contribution in [0.1, 0.15) is 23.0 Å². The number of anilines is 2. The van der Waals surface area contributed by atoms with Crippen molar-refractivity contribution in [2.45, 2.75) is 13.3 Å². The molecule has 0 atom stereocenters. The number of piperazine rings is 1. The summed E-state index contributed by atoms with van der Waals surface area (Å²) in [6, 6.07) is 0. The minimum absolute atomic E-state index is 0.0583. The SMILES string of the molecule is CCCNc1nc(N)c(C(=O)N2CCN(C)C(=O)C2)s1. The highest BCUT2D eigenvalue weighted by Crippen LogP contribution is 2.26. The van der Waals surface area contributed by atoms with Crippen LogP contribution in [0.25, 0.3) is 0 Å². The molecule has 0 saturated carbocycles. The largest absolute Gasteiger partial charge is 0.382 e. The maximum absolute atomic E-state index is 12.4. The molecule has 1 saturated heterocycles. The van der Waals surface area contributed by atoms with E-state index in [0.29, 0.717) is 23.1 Å². The summed E-state index contributed by atoms with van der Waals surface area (Å²) < 4.78 is 0. The lowest BCUT2D eigenvalue weighted by Gasteiger charge is -2.31. The monoisotopic (exact) mass is 297 g/mol. The number of aromatic nitrogens is 1. The van der Waals surface area contributed by atoms with Crippen LogP contribution in [-0.2, 0) is 4.79 Å². The third-order valence-electron chi connectivity index (χ3n) is 3.12. The van der Waals surface area contributed by atoms with Gasteiger partial charge in [0.2, 0.25) is 5.91 Å². The fraction of sp³-hybridized carbons (Fsp3) is 0.583. The van der Waals surface area contributed by atoms with Crippen molar-refractivity contribution in [2.75, 3.05) is 44.3 Å². The molecule has 20 heavy (non-hydrogen) atoms. The number of rotatable bonds is 4. The Morgan fingerprint density at radius 3 is 2.90 bits per heavy atom. The summed E-state index contributed by atoms with van der Waals surface area (Å²) in [6.45, 7) is 4.00. The predicted octanol–water partition coefficient (Wildman–Crippen LogP) is 0.461. The van der Waals surface area contributed by atoms with Crippen molar-refractivity contribution in [1.29, 1.82) is 0 Å². The Kier molecular flexibility index (Phi) is 4.43. The number of carbonyl (C=O) groups is 2. The van der Waals surface area contributed by atoms with Gasteiger partial charge in [0.05, 0.1) is 0 Å². The fourth-order valence-corrected chi connectivity index (χ4v) is 2.75. The quantitative estimate of drug-likeness (QED) is 0.842. The van der Waals surface area contributed by atoms with Crippen LogP contribution in [0.5, 0.6) is 0 Å². The van der Waals surface area contributed by atoms with Crippen LogP contribution in [0.4, 0.5) is 10.9 Å². The normalized spacial score (nSPS) is 15.6. The van der Waals surface area contributed by atoms with Gasteiger partial charge in [0.15, 0.2) is 5.13 Å². The average Bonchev–Trinajstić information content (AvgIpc) is 2.80. The number of carbonyl (C=O) groups excluding carboxylic acids is 2. The van der Waals surface area contributed by atoms with Gasteiger partial charge in [0.1, 0.15) is 17.2 Å². The summed E-state index contributed by atoms with van der Waals surface area (Å²) in [5.74, 6) is -0.0482. The Morgan fingerprint density at radius 1 is 1.50 bits per heavy atom. The average molecular weight is 297 g/mol. The van der Waals surface area contributed by atoms with Gasteiger partial charge in [-0.05, 0) is 6.42 Å². The summed E-state index contributed by atoms with van der Waals surface area (Å²) in [6.07, 6.45) is 0.968. The topological polar surface area (TPSA) is 91.6 Å². The summed E-state index contributed by atoms with van der Waals surface area (Å²) in [7, 11) is 1.73. The Bertz CT molecular complexity index is 516. The number of nitrogens with zero attached hydrogens (tertiary/aromatic N) is 3. The lowest BCUT2D eigenvalue weighted by molar-refractivity contribution is -0.133. The summed E-state index contributed by atoms with van der Waals surface area (Å²) in [5.41, 5.74) is 5.80. The molecular formula is C12H19N5O2S. The minimum Gasteiger partial charge on any atom is -0.382 e. The van der Waals surface area contributed by atoms with E-state index < -0.39 is 0 Å². The lowest BCUT2D eigenvalue weighted by Crippen LogP contribution is -2.50. The van der Waals surface area contributed by atoms with Crippen molar-refractivity contribution in [3.63, 3.8) is 0 Å². The van der Waals surface area contributed by atoms with E-state index in [0.717, 1.165) is 13.0 Å². The second kappa shape index (κ2) is 6.08. The van der Waals surface area contributed by atoms with Gasteiger partial charge in [0, 0.05) is 26.7 Å². The van der Waals surface area contributed by atoms with Gasteiger partial charge in [-0.15, -0.1) is 0 Å². The van der Waals surface area contributed by atoms with Gasteiger partial charge in [-0.3, -0.25) is 9.59 Å². The molecule has 0 spiro atoms. The number of likely N-dealkylation sites (N-methyl/N-ethyl adjacent to an activating group) is 1. The van der Waals surface area contributed by atoms with Gasteiger partial charge in [-0.25, -0.2) is 4.98 Å². The number of amides is 2. The van der Waals surface area contributed by atoms with Crippen LogP contribution in [0, 0.1) is 0 Å². The molecule has 7 nitrogen and oxygen atoms in total. The fourth-order valence-electron chi connectivity index (χ4n) is 1.87. The molecule has 0 bridgehead atoms. The molecular weight excluding hydrogens is 278 g/mol. The number of nitrogens with two attached hydrogens (primary N) is 1. The number of thiazole rings is 1. The van der Waals surface area contributed by atoms with Crippen molar-refractivity contribution in [3.8, 4) is 0 Å². The summed E-state index contributed by atoms with van der Waals surface area (Å²) in [4.78, 5) is 31.7. The van der Waals surface area contributed by atoms with Crippen molar-refractivity contribution in [3.05, 3.63) is 4.88 Å². The van der Waals surface area contributed by atoms with Crippen LogP contribution in [0.3, 0.4) is 0 Å². The smallest absolute Gasteiger partial charge is 0.268 e. The van der Waals surface area contributed by atoms with E-state index in [1.54, 1.807) is 11.9 Å². The van der Waals surface area contributed by atoms with Gasteiger partial charge in [-0.2, -0.15) is 0 Å². The lowest BCUT2D eigenvalue weighted by atomic mass is 10.3. The first kappa shape index (κ1) is 14.6. The minimum atomic E-state index is -0.217. The molecule has 2 rings (SSSR count). The molecule has 2 amide bonds. The zero-order valence-electron chi connectivity index (χ0n) is 11.7. The molecule has 0 aromatic carbocycles. The number of nitrogen functional groups attached to an aromatic ring is 1. The molecule has 0 unspecified atom stereocenters. The van der Waals surface area contributed by atoms with Crippen LogP contribution < -0.4 is 11.1 Å². The zero-order chi connectivity index (χ0) is 14.7. The van der Waals surface area contributed by atoms with Crippen molar-refractivity contribution in [1.82, 2.24) is 14.8 Å². The van der Waals surface area contributed by atoms with E-state index in [1.165, 1.54) is 16.2 Å². The van der Waals surface area contributed by atoms with Gasteiger partial charge >= 0.3 is 0 Å². The van der Waals surface area contributed by atoms with Crippen molar-refractivity contribution >= 4 is 34.1 Å². The number of nitrogens with one attached hydrogen (secondary N) is 1. The molecule has 2 heterocycles. The van der Waals surface area contributed by atoms with Crippen LogP contribution in [0.15, 0.2) is 0 Å². The first-order valence-corrected chi connectivity index (χ1v) is 7.38. The van der Waals surface area contributed by atoms with Crippen LogP contribution in [0.2, 0.25) is 0 Å². The highest BCUT2D eigenvalue weighted by molar-refractivity contribution is 7.18. The molecule has 1 aliphatic heterocycles. The molecule has 0 aliphatic carbocycles. The number of hydrogen-bond donors (Lipinski definition) is 2. The second-order valence-corrected chi connectivity index (χ2v) is 5.70. The van der Waals surface area contributed by atoms with Crippen molar-refractivity contribution < 1.29 is 9.59 Å². The molecule has 110 valence electrons. The molecule has 1 aromatic rings. The summed E-state index contributed by atoms with van der Waals surface area (Å²) in [5, 5.41) is 3.76. The zero-order valence-corrected chi connectivity index (χ0v) is 12.5. The predicted molar refractivity (Wildman–Crippen MR) is 78.8 cm³/mol. The molecule has 8 heteroatoms. The molecule has 1 aromatic heterocycles. The van der Waals surface area contributed by atoms with E-state index in [9.17, 15) is 9.59 Å². The van der Waals surface area contributed by atoms with Crippen molar-refractivity contribution in [2.24, 2.45) is 0 Å². The van der Waals surface area contributed by atoms with E-state index in [2.05, 4.69) is 10.3 Å². The highest BCUT2D eigenvalue weighted by Gasteiger charge is 2.28. The Morgan fingerprint density at radius 2 is 2.25 bits per heavy atom. The molecule has 1 fully saturated rings. The second-order valence-electron chi connectivity index (χ2n) is 4.70. The third-order valence-corrected chi connectivity index (χ3v) is 4.14. The molecule has 3 N–H and O–H groups in total. The standard InChI is InChI=1S/C12H19N5O2S/c1-3-4-14-12-15-10(13)9(20-12)11(19)17-6-5-16(2)8(18)7-17/h3-7,13H2,1-2H3,(H,14,15). The maximum Gasteiger partial charge on any atom is 0.268 e. The first-order chi connectivity index (χ1) is 9.52. The first-order valence-electron chi connectivity index (χ1n) is 6.56. The van der Waals surface area contributed by atoms with Gasteiger partial charge in [-0.1, -0.05) is 18.3 Å². The van der Waals surface area contributed by atoms with Crippen LogP contribution >= 0.6 is 11.3 Å². The Hall–Kier alpha value is -1.83. The molecule has 0 radical (unpaired) electrons. The highest BCUT2D eigenvalue weighted by atomic mass is 32.1. The van der Waals surface area contributed by atoms with E-state index >= 15 is 0 Å². The van der Waals surface area contributed by atoms with Gasteiger partial charge in [0.25, 0.3) is 5.91 Å². The van der Waals surface area contributed by atoms with E-state index in [1.807, 2.05) is 6.92 Å². The summed E-state index contributed by atoms with van der Waals surface area (Å²) >= 11 is 1.24. The Balaban J connectivity index is 2.09. The van der Waals surface area contributed by atoms with Crippen LogP contribution in [-0.4, -0.2) is 59.8 Å². The van der Waals surface area contributed by atoms with Gasteiger partial charge < -0.3 is 20.9 Å². The number of hydrogen-bond acceptors (Lipinski definition) is 6. The molecule has 1 aliphatic rings. The van der Waals surface area contributed by atoms with E-state index in [4.69, 9.17) is 5.73 Å².